The van der Waals surface area contributed by atoms with Gasteiger partial charge in [-0.2, -0.15) is 5.10 Å². The predicted octanol–water partition coefficient (Wildman–Crippen LogP) is 8.69. The van der Waals surface area contributed by atoms with Crippen LogP contribution in [0.15, 0.2) is 97.3 Å². The van der Waals surface area contributed by atoms with Crippen LogP contribution in [0, 0.1) is 23.0 Å². The van der Waals surface area contributed by atoms with E-state index in [4.69, 9.17) is 19.6 Å². The lowest BCUT2D eigenvalue weighted by atomic mass is 9.73. The summed E-state index contributed by atoms with van der Waals surface area (Å²) in [5.41, 5.74) is 2.58. The van der Waals surface area contributed by atoms with Gasteiger partial charge >= 0.3 is 5.97 Å². The summed E-state index contributed by atoms with van der Waals surface area (Å²) in [5.74, 6) is -1.45. The van der Waals surface area contributed by atoms with Crippen LogP contribution in [0.25, 0.3) is 28.0 Å². The number of aromatic nitrogens is 7. The van der Waals surface area contributed by atoms with E-state index in [0.29, 0.717) is 48.2 Å². The molecule has 0 aliphatic heterocycles. The number of carbonyl (C=O) groups excluding carboxylic acids is 1. The minimum Gasteiger partial charge on any atom is -0.491 e. The van der Waals surface area contributed by atoms with Gasteiger partial charge in [0.25, 0.3) is 5.88 Å². The van der Waals surface area contributed by atoms with Crippen LogP contribution in [-0.2, 0) is 35.0 Å². The molecule has 2 N–H and O–H groups in total. The lowest BCUT2D eigenvalue weighted by Crippen LogP contribution is -2.29. The van der Waals surface area contributed by atoms with Gasteiger partial charge in [0, 0.05) is 42.6 Å². The van der Waals surface area contributed by atoms with Gasteiger partial charge in [-0.25, -0.2) is 23.1 Å². The third kappa shape index (κ3) is 8.64. The van der Waals surface area contributed by atoms with E-state index in [2.05, 4.69) is 10.3 Å². The fourth-order valence-electron chi connectivity index (χ4n) is 7.43. The number of para-hydroxylation sites is 1. The molecule has 0 spiro atoms. The molecule has 0 saturated carbocycles. The van der Waals surface area contributed by atoms with Gasteiger partial charge in [0.15, 0.2) is 23.2 Å². The molecular formula is C46H49F2N7O5. The van der Waals surface area contributed by atoms with E-state index in [-0.39, 0.29) is 53.8 Å². The first-order valence-corrected chi connectivity index (χ1v) is 19.9. The molecule has 0 saturated heterocycles. The molecule has 60 heavy (non-hydrogen) atoms. The summed E-state index contributed by atoms with van der Waals surface area (Å²) in [6.07, 6.45) is 4.81. The highest BCUT2D eigenvalue weighted by atomic mass is 19.1. The summed E-state index contributed by atoms with van der Waals surface area (Å²) in [7, 11) is 1.69. The first-order chi connectivity index (χ1) is 28.7. The Bertz CT molecular complexity index is 2640. The molecule has 0 radical (unpaired) electrons. The highest BCUT2D eigenvalue weighted by molar-refractivity contribution is 5.88. The number of hydrogen-bond donors (Lipinski definition) is 2. The van der Waals surface area contributed by atoms with Crippen LogP contribution < -0.4 is 4.74 Å². The van der Waals surface area contributed by atoms with Crippen molar-refractivity contribution >= 4 is 16.9 Å². The van der Waals surface area contributed by atoms with Gasteiger partial charge < -0.3 is 24.3 Å². The third-order valence-electron chi connectivity index (χ3n) is 11.1. The van der Waals surface area contributed by atoms with Gasteiger partial charge in [-0.3, -0.25) is 4.79 Å². The number of nitrogens with zero attached hydrogens (tertiary/aromatic N) is 7. The average molecular weight is 818 g/mol. The predicted molar refractivity (Wildman–Crippen MR) is 223 cm³/mol. The molecule has 7 rings (SSSR count). The molecule has 0 fully saturated rings. The molecule has 0 bridgehead atoms. The Labute approximate surface area is 347 Å². The first kappa shape index (κ1) is 41.7. The van der Waals surface area contributed by atoms with Crippen molar-refractivity contribution in [1.29, 1.82) is 0 Å². The zero-order valence-electron chi connectivity index (χ0n) is 34.6. The van der Waals surface area contributed by atoms with E-state index in [1.54, 1.807) is 14.0 Å². The maximum atomic E-state index is 16.4. The molecule has 4 aromatic carbocycles. The lowest BCUT2D eigenvalue weighted by molar-refractivity contribution is -0.147. The van der Waals surface area contributed by atoms with Gasteiger partial charge in [-0.15, -0.1) is 0 Å². The second-order valence-corrected chi connectivity index (χ2v) is 16.2. The summed E-state index contributed by atoms with van der Waals surface area (Å²) in [5, 5.41) is 33.3. The Balaban J connectivity index is 1.27. The maximum Gasteiger partial charge on any atom is 0.308 e. The average Bonchev–Trinajstić information content (AvgIpc) is 3.97. The Morgan fingerprint density at radius 3 is 2.45 bits per heavy atom. The standard InChI is InChI=1S/C46H49F2N7O5/c1-7-59-43(58)29(2)22-30-12-11-13-31(23-30)46(5,20-19-45(3,4)28-56)44-49-42(53(6)51-44)35-24-33(16-17-37(35)47)60-41-36(26-54-27-40(57)50-52-54)34-18-21-55(39(34)25-38(41)48)32-14-9-8-10-15-32/h8-18,21,23-25,27,29,56-57H,7,19-20,22,26,28H2,1-6H3. The molecule has 3 heterocycles. The van der Waals surface area contributed by atoms with Crippen LogP contribution in [0.2, 0.25) is 0 Å². The number of halogens is 2. The van der Waals surface area contributed by atoms with E-state index in [1.807, 2.05) is 99.1 Å². The van der Waals surface area contributed by atoms with Gasteiger partial charge in [-0.05, 0) is 86.1 Å². The molecule has 12 nitrogen and oxygen atoms in total. The van der Waals surface area contributed by atoms with Gasteiger partial charge in [-0.1, -0.05) is 73.5 Å². The van der Waals surface area contributed by atoms with Crippen molar-refractivity contribution < 1.29 is 33.3 Å². The van der Waals surface area contributed by atoms with Crippen LogP contribution in [0.4, 0.5) is 8.78 Å². The van der Waals surface area contributed by atoms with Crippen molar-refractivity contribution in [2.75, 3.05) is 13.2 Å². The molecule has 14 heteroatoms. The monoisotopic (exact) mass is 817 g/mol. The van der Waals surface area contributed by atoms with Crippen LogP contribution in [-0.4, -0.2) is 63.7 Å². The number of benzene rings is 4. The number of rotatable bonds is 16. The number of aryl methyl sites for hydroxylation is 1. The molecule has 0 amide bonds. The lowest BCUT2D eigenvalue weighted by Gasteiger charge is -2.32. The molecular weight excluding hydrogens is 769 g/mol. The Morgan fingerprint density at radius 2 is 1.73 bits per heavy atom. The molecule has 0 aliphatic rings. The summed E-state index contributed by atoms with van der Waals surface area (Å²) in [6, 6.07) is 24.9. The third-order valence-corrected chi connectivity index (χ3v) is 11.1. The van der Waals surface area contributed by atoms with Crippen molar-refractivity contribution in [3.63, 3.8) is 0 Å². The topological polar surface area (TPSA) is 142 Å². The van der Waals surface area contributed by atoms with Crippen molar-refractivity contribution in [2.24, 2.45) is 18.4 Å². The van der Waals surface area contributed by atoms with Crippen molar-refractivity contribution in [2.45, 2.75) is 65.8 Å². The highest BCUT2D eigenvalue weighted by Crippen LogP contribution is 2.41. The van der Waals surface area contributed by atoms with Crippen molar-refractivity contribution in [3.05, 3.63) is 131 Å². The minimum absolute atomic E-state index is 0.00522. The fourth-order valence-corrected chi connectivity index (χ4v) is 7.43. The zero-order chi connectivity index (χ0) is 42.8. The van der Waals surface area contributed by atoms with Crippen LogP contribution in [0.5, 0.6) is 17.4 Å². The second kappa shape index (κ2) is 17.1. The molecule has 2 unspecified atom stereocenters. The molecule has 312 valence electrons. The van der Waals surface area contributed by atoms with Gasteiger partial charge in [0.2, 0.25) is 0 Å². The number of carbonyl (C=O) groups is 1. The number of fused-ring (bicyclic) bond motifs is 1. The summed E-state index contributed by atoms with van der Waals surface area (Å²) >= 11 is 0. The van der Waals surface area contributed by atoms with Crippen molar-refractivity contribution in [1.82, 2.24) is 34.3 Å². The number of aliphatic hydroxyl groups is 1. The molecule has 2 atom stereocenters. The van der Waals surface area contributed by atoms with E-state index in [0.717, 1.165) is 16.8 Å². The van der Waals surface area contributed by atoms with Crippen LogP contribution >= 0.6 is 0 Å². The maximum absolute atomic E-state index is 16.4. The molecule has 0 aliphatic carbocycles. The molecule has 3 aromatic heterocycles. The fraction of sp³-hybridized carbons (Fsp3) is 0.326. The quantitative estimate of drug-likeness (QED) is 0.0917. The smallest absolute Gasteiger partial charge is 0.308 e. The van der Waals surface area contributed by atoms with Crippen LogP contribution in [0.3, 0.4) is 0 Å². The summed E-state index contributed by atoms with van der Waals surface area (Å²) in [4.78, 5) is 17.5. The summed E-state index contributed by atoms with van der Waals surface area (Å²) < 4.78 is 48.7. The Morgan fingerprint density at radius 1 is 0.950 bits per heavy atom. The molecule has 7 aromatic rings. The number of ether oxygens (including phenoxy) is 2. The number of hydrogen-bond acceptors (Lipinski definition) is 9. The van der Waals surface area contributed by atoms with Gasteiger partial charge in [0.05, 0.1) is 41.8 Å². The minimum atomic E-state index is -0.796. The van der Waals surface area contributed by atoms with Crippen LogP contribution in [0.1, 0.15) is 70.0 Å². The Hall–Kier alpha value is -6.41. The number of aromatic hydroxyl groups is 1. The Kier molecular flexibility index (Phi) is 11.9. The normalized spacial score (nSPS) is 13.3. The number of aliphatic hydroxyl groups excluding tert-OH is 1. The zero-order valence-corrected chi connectivity index (χ0v) is 34.6. The van der Waals surface area contributed by atoms with Gasteiger partial charge in [0.1, 0.15) is 11.6 Å². The van der Waals surface area contributed by atoms with Crippen molar-refractivity contribution in [3.8, 4) is 34.5 Å². The van der Waals surface area contributed by atoms with E-state index in [9.17, 15) is 15.0 Å². The van der Waals surface area contributed by atoms with E-state index in [1.165, 1.54) is 39.8 Å². The SMILES string of the molecule is CCOC(=O)C(C)Cc1cccc(C(C)(CCC(C)(C)CO)c2nc(-c3cc(Oc4c(F)cc5c(ccn5-c5ccccc5)c4Cn4cc(O)nn4)ccc3F)n(C)n2)c1. The van der Waals surface area contributed by atoms with E-state index >= 15 is 8.78 Å². The first-order valence-electron chi connectivity index (χ1n) is 19.9. The summed E-state index contributed by atoms with van der Waals surface area (Å²) in [6.45, 7) is 9.92. The second-order valence-electron chi connectivity index (χ2n) is 16.2. The van der Waals surface area contributed by atoms with E-state index < -0.39 is 22.5 Å². The highest BCUT2D eigenvalue weighted by Gasteiger charge is 2.36. The number of esters is 1. The largest absolute Gasteiger partial charge is 0.491 e.